The van der Waals surface area contributed by atoms with Gasteiger partial charge in [-0.2, -0.15) is 5.10 Å². The lowest BCUT2D eigenvalue weighted by Crippen LogP contribution is -2.37. The summed E-state index contributed by atoms with van der Waals surface area (Å²) in [4.78, 5) is 24.8. The number of amides is 1. The van der Waals surface area contributed by atoms with E-state index in [2.05, 4.69) is 10.4 Å². The van der Waals surface area contributed by atoms with Crippen LogP contribution in [-0.2, 0) is 4.74 Å². The van der Waals surface area contributed by atoms with Crippen molar-refractivity contribution in [2.45, 2.75) is 51.7 Å². The highest BCUT2D eigenvalue weighted by molar-refractivity contribution is 5.92. The summed E-state index contributed by atoms with van der Waals surface area (Å²) in [5.41, 5.74) is 1.05. The molecule has 1 fully saturated rings. The van der Waals surface area contributed by atoms with Gasteiger partial charge in [0, 0.05) is 24.4 Å². The number of carbonyl (C=O) groups is 1. The molecular formula is C20H25N3O3. The molecule has 6 heteroatoms. The Bertz CT molecular complexity index is 811. The minimum atomic E-state index is -0.431. The fourth-order valence-electron chi connectivity index (χ4n) is 3.21. The molecule has 1 saturated heterocycles. The molecule has 2 atom stereocenters. The van der Waals surface area contributed by atoms with Crippen molar-refractivity contribution in [2.24, 2.45) is 0 Å². The van der Waals surface area contributed by atoms with Gasteiger partial charge in [-0.05, 0) is 51.7 Å². The first-order valence-corrected chi connectivity index (χ1v) is 9.13. The molecule has 1 aromatic carbocycles. The maximum absolute atomic E-state index is 12.5. The number of hydrogen-bond acceptors (Lipinski definition) is 4. The Morgan fingerprint density at radius 2 is 2.15 bits per heavy atom. The van der Waals surface area contributed by atoms with Crippen molar-refractivity contribution in [2.75, 3.05) is 6.61 Å². The molecule has 0 radical (unpaired) electrons. The molecular weight excluding hydrogens is 330 g/mol. The first kappa shape index (κ1) is 18.3. The van der Waals surface area contributed by atoms with E-state index in [4.69, 9.17) is 4.74 Å². The molecule has 1 N–H and O–H groups in total. The lowest BCUT2D eigenvalue weighted by atomic mass is 10.1. The first-order valence-electron chi connectivity index (χ1n) is 9.13. The van der Waals surface area contributed by atoms with Gasteiger partial charge in [0.15, 0.2) is 5.69 Å². The molecule has 6 nitrogen and oxygen atoms in total. The Hall–Kier alpha value is -2.47. The summed E-state index contributed by atoms with van der Waals surface area (Å²) in [7, 11) is 0. The van der Waals surface area contributed by atoms with Crippen LogP contribution in [0.15, 0.2) is 41.2 Å². The maximum atomic E-state index is 12.5. The third-order valence-corrected chi connectivity index (χ3v) is 4.65. The predicted octanol–water partition coefficient (Wildman–Crippen LogP) is 2.62. The summed E-state index contributed by atoms with van der Waals surface area (Å²) < 4.78 is 7.23. The van der Waals surface area contributed by atoms with Crippen molar-refractivity contribution in [3.8, 4) is 5.69 Å². The molecule has 0 saturated carbocycles. The lowest BCUT2D eigenvalue weighted by molar-refractivity contribution is 0.0893. The molecule has 2 heterocycles. The summed E-state index contributed by atoms with van der Waals surface area (Å²) in [5.74, 6) is -0.431. The van der Waals surface area contributed by atoms with Crippen molar-refractivity contribution in [3.63, 3.8) is 0 Å². The smallest absolute Gasteiger partial charge is 0.276 e. The number of carbonyl (C=O) groups excluding carboxylic acids is 1. The van der Waals surface area contributed by atoms with Crippen LogP contribution in [0.25, 0.3) is 5.69 Å². The van der Waals surface area contributed by atoms with Gasteiger partial charge in [0.05, 0.1) is 11.8 Å². The number of aryl methyl sites for hydroxylation is 1. The summed E-state index contributed by atoms with van der Waals surface area (Å²) in [6.07, 6.45) is 4.22. The van der Waals surface area contributed by atoms with Crippen LogP contribution in [0.2, 0.25) is 0 Å². The molecule has 2 aromatic rings. The van der Waals surface area contributed by atoms with Gasteiger partial charge in [0.1, 0.15) is 0 Å². The van der Waals surface area contributed by atoms with E-state index in [1.807, 2.05) is 37.3 Å². The van der Waals surface area contributed by atoms with Crippen molar-refractivity contribution in [1.29, 1.82) is 0 Å². The molecule has 3 rings (SSSR count). The molecule has 1 aliphatic rings. The highest BCUT2D eigenvalue weighted by Crippen LogP contribution is 2.17. The standard InChI is InChI=1S/C20H25N3O3/c1-14(10-11-17-9-6-12-26-17)21-20(25)19-18(24)13-15(2)23(22-19)16-7-4-3-5-8-16/h3-5,7-8,13-14,17H,6,9-12H2,1-2H3,(H,21,25)/t14-,17-/m0/s1. The normalized spacial score (nSPS) is 17.8. The third kappa shape index (κ3) is 4.38. The second kappa shape index (κ2) is 8.27. The number of aromatic nitrogens is 2. The number of nitrogens with one attached hydrogen (secondary N) is 1. The number of ether oxygens (including phenoxy) is 1. The van der Waals surface area contributed by atoms with Crippen LogP contribution in [-0.4, -0.2) is 34.4 Å². The van der Waals surface area contributed by atoms with Gasteiger partial charge < -0.3 is 10.1 Å². The minimum Gasteiger partial charge on any atom is -0.378 e. The van der Waals surface area contributed by atoms with Gasteiger partial charge in [0.2, 0.25) is 5.43 Å². The zero-order chi connectivity index (χ0) is 18.5. The highest BCUT2D eigenvalue weighted by Gasteiger charge is 2.20. The number of benzene rings is 1. The van der Waals surface area contributed by atoms with Crippen molar-refractivity contribution < 1.29 is 9.53 Å². The van der Waals surface area contributed by atoms with Crippen LogP contribution in [0, 0.1) is 6.92 Å². The van der Waals surface area contributed by atoms with Crippen molar-refractivity contribution >= 4 is 5.91 Å². The third-order valence-electron chi connectivity index (χ3n) is 4.65. The molecule has 1 aromatic heterocycles. The average molecular weight is 355 g/mol. The first-order chi connectivity index (χ1) is 12.5. The van der Waals surface area contributed by atoms with Crippen molar-refractivity contribution in [1.82, 2.24) is 15.1 Å². The van der Waals surface area contributed by atoms with Crippen LogP contribution in [0.5, 0.6) is 0 Å². The molecule has 1 aliphatic heterocycles. The molecule has 0 aliphatic carbocycles. The van der Waals surface area contributed by atoms with E-state index in [-0.39, 0.29) is 17.2 Å². The summed E-state index contributed by atoms with van der Waals surface area (Å²) >= 11 is 0. The van der Waals surface area contributed by atoms with Gasteiger partial charge in [-0.3, -0.25) is 9.59 Å². The monoisotopic (exact) mass is 355 g/mol. The van der Waals surface area contributed by atoms with E-state index in [1.165, 1.54) is 6.07 Å². The molecule has 0 unspecified atom stereocenters. The van der Waals surface area contributed by atoms with Crippen LogP contribution >= 0.6 is 0 Å². The Labute approximate surface area is 153 Å². The van der Waals surface area contributed by atoms with E-state index >= 15 is 0 Å². The summed E-state index contributed by atoms with van der Waals surface area (Å²) in [6, 6.07) is 10.9. The molecule has 0 bridgehead atoms. The van der Waals surface area contributed by atoms with Gasteiger partial charge in [-0.25, -0.2) is 4.68 Å². The predicted molar refractivity (Wildman–Crippen MR) is 99.7 cm³/mol. The number of hydrogen-bond donors (Lipinski definition) is 1. The van der Waals surface area contributed by atoms with E-state index < -0.39 is 5.91 Å². The average Bonchev–Trinajstić information content (AvgIpc) is 3.14. The number of para-hydroxylation sites is 1. The SMILES string of the molecule is Cc1cc(=O)c(C(=O)N[C@@H](C)CC[C@@H]2CCCO2)nn1-c1ccccc1. The Kier molecular flexibility index (Phi) is 5.83. The molecule has 138 valence electrons. The summed E-state index contributed by atoms with van der Waals surface area (Å²) in [5, 5.41) is 7.19. The molecule has 1 amide bonds. The van der Waals surface area contributed by atoms with Gasteiger partial charge in [0.25, 0.3) is 5.91 Å². The largest absolute Gasteiger partial charge is 0.378 e. The highest BCUT2D eigenvalue weighted by atomic mass is 16.5. The van der Waals surface area contributed by atoms with E-state index in [9.17, 15) is 9.59 Å². The Balaban J connectivity index is 1.71. The Morgan fingerprint density at radius 1 is 1.38 bits per heavy atom. The zero-order valence-electron chi connectivity index (χ0n) is 15.3. The second-order valence-electron chi connectivity index (χ2n) is 6.83. The maximum Gasteiger partial charge on any atom is 0.276 e. The number of rotatable bonds is 6. The second-order valence-corrected chi connectivity index (χ2v) is 6.83. The van der Waals surface area contributed by atoms with E-state index in [0.29, 0.717) is 11.8 Å². The van der Waals surface area contributed by atoms with Crippen LogP contribution < -0.4 is 10.7 Å². The van der Waals surface area contributed by atoms with Crippen LogP contribution in [0.1, 0.15) is 48.8 Å². The lowest BCUT2D eigenvalue weighted by Gasteiger charge is -2.16. The van der Waals surface area contributed by atoms with Crippen molar-refractivity contribution in [3.05, 3.63) is 58.0 Å². The number of nitrogens with zero attached hydrogens (tertiary/aromatic N) is 2. The van der Waals surface area contributed by atoms with Crippen LogP contribution in [0.4, 0.5) is 0 Å². The zero-order valence-corrected chi connectivity index (χ0v) is 15.3. The van der Waals surface area contributed by atoms with Gasteiger partial charge >= 0.3 is 0 Å². The topological polar surface area (TPSA) is 73.2 Å². The van der Waals surface area contributed by atoms with E-state index in [0.717, 1.165) is 38.0 Å². The minimum absolute atomic E-state index is 0.0422. The molecule has 26 heavy (non-hydrogen) atoms. The van der Waals surface area contributed by atoms with Crippen LogP contribution in [0.3, 0.4) is 0 Å². The van der Waals surface area contributed by atoms with Gasteiger partial charge in [-0.15, -0.1) is 0 Å². The molecule has 0 spiro atoms. The van der Waals surface area contributed by atoms with Gasteiger partial charge in [-0.1, -0.05) is 18.2 Å². The van der Waals surface area contributed by atoms with E-state index in [1.54, 1.807) is 11.6 Å². The fourth-order valence-corrected chi connectivity index (χ4v) is 3.21. The summed E-state index contributed by atoms with van der Waals surface area (Å²) in [6.45, 7) is 4.57. The quantitative estimate of drug-likeness (QED) is 0.864. The Morgan fingerprint density at radius 3 is 2.85 bits per heavy atom. The fraction of sp³-hybridized carbons (Fsp3) is 0.450.